The van der Waals surface area contributed by atoms with Crippen LogP contribution in [0.2, 0.25) is 19.6 Å². The molecular formula is C7H11ISi. The number of hydrogen-bond donors (Lipinski definition) is 0. The third kappa shape index (κ3) is 8.25. The first-order valence-corrected chi connectivity index (χ1v) is 7.59. The van der Waals surface area contributed by atoms with Crippen molar-refractivity contribution in [1.82, 2.24) is 0 Å². The molecule has 0 bridgehead atoms. The second kappa shape index (κ2) is 4.12. The van der Waals surface area contributed by atoms with Gasteiger partial charge in [0, 0.05) is 0 Å². The zero-order valence-corrected chi connectivity index (χ0v) is 9.19. The minimum absolute atomic E-state index is 1.11. The number of rotatable bonds is 0. The van der Waals surface area contributed by atoms with E-state index >= 15 is 0 Å². The van der Waals surface area contributed by atoms with E-state index in [-0.39, 0.29) is 0 Å². The van der Waals surface area contributed by atoms with Gasteiger partial charge in [0.1, 0.15) is 8.07 Å². The molecule has 0 fully saturated rings. The summed E-state index contributed by atoms with van der Waals surface area (Å²) in [5, 5.41) is 0. The minimum Gasteiger partial charge on any atom is -0.127 e. The van der Waals surface area contributed by atoms with E-state index in [9.17, 15) is 0 Å². The molecule has 0 nitrogen and oxygen atoms in total. The van der Waals surface area contributed by atoms with Gasteiger partial charge < -0.3 is 0 Å². The Labute approximate surface area is 71.9 Å². The van der Waals surface area contributed by atoms with Crippen LogP contribution in [-0.4, -0.2) is 8.07 Å². The fraction of sp³-hybridized carbons (Fsp3) is 0.429. The van der Waals surface area contributed by atoms with E-state index in [0.29, 0.717) is 0 Å². The Bertz CT molecular complexity index is 154. The average Bonchev–Trinajstić information content (AvgIpc) is 1.63. The van der Waals surface area contributed by atoms with Crippen molar-refractivity contribution >= 4 is 30.7 Å². The van der Waals surface area contributed by atoms with Gasteiger partial charge in [-0.05, 0) is 10.2 Å². The molecule has 0 aliphatic rings. The molecule has 0 aliphatic carbocycles. The van der Waals surface area contributed by atoms with Crippen LogP contribution < -0.4 is 0 Å². The molecule has 0 amide bonds. The molecular weight excluding hydrogens is 239 g/mol. The average molecular weight is 250 g/mol. The van der Waals surface area contributed by atoms with E-state index in [1.807, 2.05) is 10.2 Å². The standard InChI is InChI=1S/C7H11ISi/c1-9(2,3)7-5-4-6-8/h4,6H,1-3H3/b6-4-. The molecule has 0 aromatic heterocycles. The maximum atomic E-state index is 3.22. The zero-order chi connectivity index (χ0) is 7.33. The van der Waals surface area contributed by atoms with Gasteiger partial charge in [0.15, 0.2) is 0 Å². The van der Waals surface area contributed by atoms with Crippen LogP contribution in [0.4, 0.5) is 0 Å². The summed E-state index contributed by atoms with van der Waals surface area (Å²) in [6.07, 6.45) is 1.89. The zero-order valence-electron chi connectivity index (χ0n) is 6.03. The smallest absolute Gasteiger partial charge is 0.127 e. The van der Waals surface area contributed by atoms with Gasteiger partial charge in [-0.25, -0.2) is 0 Å². The molecule has 9 heavy (non-hydrogen) atoms. The summed E-state index contributed by atoms with van der Waals surface area (Å²) in [6, 6.07) is 0. The van der Waals surface area contributed by atoms with E-state index in [4.69, 9.17) is 0 Å². The summed E-state index contributed by atoms with van der Waals surface area (Å²) in [5.74, 6) is 3.00. The van der Waals surface area contributed by atoms with E-state index < -0.39 is 8.07 Å². The predicted molar refractivity (Wildman–Crippen MR) is 54.3 cm³/mol. The Morgan fingerprint density at radius 1 is 1.33 bits per heavy atom. The normalized spacial score (nSPS) is 11.1. The van der Waals surface area contributed by atoms with Crippen LogP contribution in [0, 0.1) is 11.5 Å². The van der Waals surface area contributed by atoms with Gasteiger partial charge in [0.2, 0.25) is 0 Å². The van der Waals surface area contributed by atoms with Crippen molar-refractivity contribution in [2.45, 2.75) is 19.6 Å². The summed E-state index contributed by atoms with van der Waals surface area (Å²) >= 11 is 2.17. The highest BCUT2D eigenvalue weighted by Gasteiger charge is 2.06. The van der Waals surface area contributed by atoms with E-state index in [0.717, 1.165) is 0 Å². The summed E-state index contributed by atoms with van der Waals surface area (Å²) in [5.41, 5.74) is 3.22. The maximum Gasteiger partial charge on any atom is 0.129 e. The van der Waals surface area contributed by atoms with Gasteiger partial charge in [-0.15, -0.1) is 5.54 Å². The highest BCUT2D eigenvalue weighted by molar-refractivity contribution is 14.1. The molecule has 0 unspecified atom stereocenters. The molecule has 0 spiro atoms. The number of halogens is 1. The summed E-state index contributed by atoms with van der Waals surface area (Å²) in [7, 11) is -1.11. The van der Waals surface area contributed by atoms with Gasteiger partial charge in [-0.1, -0.05) is 48.2 Å². The van der Waals surface area contributed by atoms with E-state index in [1.54, 1.807) is 0 Å². The fourth-order valence-corrected chi connectivity index (χ4v) is 0.986. The van der Waals surface area contributed by atoms with E-state index in [1.165, 1.54) is 0 Å². The molecule has 0 saturated carbocycles. The van der Waals surface area contributed by atoms with Crippen molar-refractivity contribution in [2.24, 2.45) is 0 Å². The second-order valence-corrected chi connectivity index (χ2v) is 8.28. The third-order valence-corrected chi connectivity index (χ3v) is 1.85. The Kier molecular flexibility index (Phi) is 4.24. The SMILES string of the molecule is C[Si](C)(C)C#C/C=C\I. The van der Waals surface area contributed by atoms with Crippen LogP contribution >= 0.6 is 22.6 Å². The van der Waals surface area contributed by atoms with Crippen LogP contribution in [0.1, 0.15) is 0 Å². The molecule has 0 saturated heterocycles. The Morgan fingerprint density at radius 2 is 1.89 bits per heavy atom. The number of hydrogen-bond acceptors (Lipinski definition) is 0. The van der Waals surface area contributed by atoms with E-state index in [2.05, 4.69) is 53.7 Å². The number of allylic oxidation sites excluding steroid dienone is 1. The predicted octanol–water partition coefficient (Wildman–Crippen LogP) is 2.82. The highest BCUT2D eigenvalue weighted by Crippen LogP contribution is 1.96. The van der Waals surface area contributed by atoms with Crippen LogP contribution in [0.25, 0.3) is 0 Å². The second-order valence-electron chi connectivity index (χ2n) is 2.81. The molecule has 0 atom stereocenters. The van der Waals surface area contributed by atoms with Crippen LogP contribution in [0.15, 0.2) is 10.2 Å². The first-order chi connectivity index (χ1) is 4.06. The van der Waals surface area contributed by atoms with Crippen LogP contribution in [0.5, 0.6) is 0 Å². The lowest BCUT2D eigenvalue weighted by molar-refractivity contribution is 1.81. The van der Waals surface area contributed by atoms with Crippen molar-refractivity contribution in [1.29, 1.82) is 0 Å². The molecule has 2 heteroatoms. The van der Waals surface area contributed by atoms with Crippen molar-refractivity contribution in [3.05, 3.63) is 10.2 Å². The van der Waals surface area contributed by atoms with Crippen LogP contribution in [-0.2, 0) is 0 Å². The molecule has 0 N–H and O–H groups in total. The first kappa shape index (κ1) is 9.25. The molecule has 0 heterocycles. The largest absolute Gasteiger partial charge is 0.129 e. The maximum absolute atomic E-state index is 3.22. The molecule has 50 valence electrons. The lowest BCUT2D eigenvalue weighted by Gasteiger charge is -2.01. The Hall–Kier alpha value is 0.247. The van der Waals surface area contributed by atoms with Crippen LogP contribution in [0.3, 0.4) is 0 Å². The molecule has 0 aromatic carbocycles. The van der Waals surface area contributed by atoms with Crippen molar-refractivity contribution in [3.8, 4) is 11.5 Å². The van der Waals surface area contributed by atoms with Gasteiger partial charge in [-0.3, -0.25) is 0 Å². The summed E-state index contributed by atoms with van der Waals surface area (Å²) in [4.78, 5) is 0. The third-order valence-electron chi connectivity index (χ3n) is 0.593. The fourth-order valence-electron chi connectivity index (χ4n) is 0.290. The van der Waals surface area contributed by atoms with Crippen molar-refractivity contribution < 1.29 is 0 Å². The molecule has 0 rings (SSSR count). The summed E-state index contributed by atoms with van der Waals surface area (Å²) in [6.45, 7) is 6.71. The molecule has 0 radical (unpaired) electrons. The highest BCUT2D eigenvalue weighted by atomic mass is 127. The molecule has 0 aliphatic heterocycles. The van der Waals surface area contributed by atoms with Crippen molar-refractivity contribution in [3.63, 3.8) is 0 Å². The van der Waals surface area contributed by atoms with Crippen molar-refractivity contribution in [2.75, 3.05) is 0 Å². The van der Waals surface area contributed by atoms with Gasteiger partial charge in [-0.2, -0.15) is 0 Å². The van der Waals surface area contributed by atoms with Gasteiger partial charge in [0.05, 0.1) is 0 Å². The van der Waals surface area contributed by atoms with Gasteiger partial charge >= 0.3 is 0 Å². The Balaban J connectivity index is 3.88. The Morgan fingerprint density at radius 3 is 2.22 bits per heavy atom. The van der Waals surface area contributed by atoms with Gasteiger partial charge in [0.25, 0.3) is 0 Å². The molecule has 0 aromatic rings. The lowest BCUT2D eigenvalue weighted by Crippen LogP contribution is -2.16. The lowest BCUT2D eigenvalue weighted by atomic mass is 10.7. The summed E-state index contributed by atoms with van der Waals surface area (Å²) < 4.78 is 1.94. The topological polar surface area (TPSA) is 0 Å². The minimum atomic E-state index is -1.11. The first-order valence-electron chi connectivity index (χ1n) is 2.84. The quantitative estimate of drug-likeness (QED) is 0.352. The monoisotopic (exact) mass is 250 g/mol.